The van der Waals surface area contributed by atoms with Crippen LogP contribution >= 0.6 is 0 Å². The molecule has 0 aromatic heterocycles. The molecule has 0 aliphatic heterocycles. The Morgan fingerprint density at radius 1 is 0.558 bits per heavy atom. The maximum absolute atomic E-state index is 16.5. The highest BCUT2D eigenvalue weighted by molar-refractivity contribution is 7.91. The lowest BCUT2D eigenvalue weighted by atomic mass is 9.86. The van der Waals surface area contributed by atoms with Gasteiger partial charge in [0.25, 0.3) is 0 Å². The van der Waals surface area contributed by atoms with Crippen molar-refractivity contribution in [3.63, 3.8) is 0 Å². The van der Waals surface area contributed by atoms with E-state index in [0.29, 0.717) is 0 Å². The highest BCUT2D eigenvalue weighted by atomic mass is 32.2. The van der Waals surface area contributed by atoms with E-state index in [1.807, 2.05) is 0 Å². The third-order valence-electron chi connectivity index (χ3n) is 8.08. The van der Waals surface area contributed by atoms with Gasteiger partial charge in [-0.25, -0.2) is 60.7 Å². The Morgan fingerprint density at radius 3 is 1.15 bits per heavy atom. The van der Waals surface area contributed by atoms with Crippen LogP contribution in [0, 0.1) is 82.3 Å². The second-order valence-corrected chi connectivity index (χ2v) is 14.9. The van der Waals surface area contributed by atoms with Gasteiger partial charge in [-0.05, 0) is 11.1 Å². The molecule has 5 rings (SSSR count). The second kappa shape index (κ2) is 12.4. The molecule has 52 heavy (non-hydrogen) atoms. The van der Waals surface area contributed by atoms with E-state index in [9.17, 15) is 27.4 Å². The number of nitrogens with zero attached hydrogens (tertiary/aromatic N) is 4. The topological polar surface area (TPSA) is 125 Å². The standard InChI is InChI=1S/C32H10F10N4O4S2/c1-45-32(46-2)13-6-12-15(19-24(37)28(41)31(52(4,49)50)29(42)25(19)38)16-11(5-10(20(16)33)9(7-43)8-44)14(17(12)21(13)34)18-22(35)26(39)30(51(3,47)48)27(40)23(18)36/h5-6H2,3-4H3. The largest absolute Gasteiger partial charge is 0.525 e. The summed E-state index contributed by atoms with van der Waals surface area (Å²) in [6, 6.07) is 2.49. The number of fused-ring (bicyclic) bond motifs is 2. The van der Waals surface area contributed by atoms with Gasteiger partial charge in [0, 0.05) is 52.5 Å². The average Bonchev–Trinajstić information content (AvgIpc) is 3.57. The van der Waals surface area contributed by atoms with Crippen LogP contribution in [-0.2, 0) is 32.5 Å². The molecule has 20 heteroatoms. The van der Waals surface area contributed by atoms with Crippen molar-refractivity contribution in [3.05, 3.63) is 113 Å². The monoisotopic (exact) mass is 768 g/mol. The van der Waals surface area contributed by atoms with Crippen LogP contribution in [0.1, 0.15) is 11.1 Å². The number of allylic oxidation sites excluding steroid dienone is 3. The lowest BCUT2D eigenvalue weighted by Crippen LogP contribution is -2.27. The molecule has 0 saturated heterocycles. The summed E-state index contributed by atoms with van der Waals surface area (Å²) in [5, 5.41) is 16.1. The van der Waals surface area contributed by atoms with Gasteiger partial charge in [0.15, 0.2) is 66.2 Å². The van der Waals surface area contributed by atoms with Gasteiger partial charge in [0.05, 0.1) is 16.7 Å². The Kier molecular flexibility index (Phi) is 8.87. The highest BCUT2D eigenvalue weighted by Gasteiger charge is 2.42. The Morgan fingerprint density at radius 2 is 0.865 bits per heavy atom. The van der Waals surface area contributed by atoms with Crippen LogP contribution in [-0.4, -0.2) is 29.3 Å². The van der Waals surface area contributed by atoms with Gasteiger partial charge in [0.2, 0.25) is 0 Å². The first-order valence-corrected chi connectivity index (χ1v) is 17.3. The summed E-state index contributed by atoms with van der Waals surface area (Å²) in [6.07, 6.45) is -2.29. The molecule has 8 nitrogen and oxygen atoms in total. The van der Waals surface area contributed by atoms with E-state index in [0.717, 1.165) is 0 Å². The molecule has 0 radical (unpaired) electrons. The minimum absolute atomic E-state index is 0.154. The fourth-order valence-electron chi connectivity index (χ4n) is 6.06. The van der Waals surface area contributed by atoms with Crippen LogP contribution in [0.25, 0.3) is 43.6 Å². The van der Waals surface area contributed by atoms with Crippen LogP contribution in [0.15, 0.2) is 32.3 Å². The number of hydrogen-bond acceptors (Lipinski definition) is 6. The molecule has 2 aliphatic carbocycles. The van der Waals surface area contributed by atoms with Gasteiger partial charge in [-0.2, -0.15) is 20.2 Å². The molecule has 0 N–H and O–H groups in total. The van der Waals surface area contributed by atoms with Gasteiger partial charge in [0.1, 0.15) is 52.3 Å². The van der Waals surface area contributed by atoms with Crippen molar-refractivity contribution < 1.29 is 60.7 Å². The summed E-state index contributed by atoms with van der Waals surface area (Å²) < 4.78 is 206. The minimum atomic E-state index is -5.10. The molecule has 0 spiro atoms. The minimum Gasteiger partial charge on any atom is -0.224 e. The van der Waals surface area contributed by atoms with Gasteiger partial charge in [-0.3, -0.25) is 0 Å². The summed E-state index contributed by atoms with van der Waals surface area (Å²) in [4.78, 5) is 1.23. The summed E-state index contributed by atoms with van der Waals surface area (Å²) in [5.74, 6) is -25.6. The lowest BCUT2D eigenvalue weighted by molar-refractivity contribution is 0.423. The van der Waals surface area contributed by atoms with Crippen molar-refractivity contribution in [2.75, 3.05) is 12.5 Å². The molecular weight excluding hydrogens is 758 g/mol. The number of rotatable bonds is 4. The van der Waals surface area contributed by atoms with E-state index < -0.39 is 167 Å². The fourth-order valence-corrected chi connectivity index (χ4v) is 7.72. The molecule has 3 aromatic rings. The SMILES string of the molecule is [C-]#[N+]C([N+]#[C-])=C1Cc2c(-c3c(F)c(F)c(S(C)(=O)=O)c(F)c3F)c3c(c(-c4c(F)c(F)c(S(C)(=O)=O)c(F)c4F)c2=C1F)CC(=C(C#N)C#N)C=3F. The predicted molar refractivity (Wildman–Crippen MR) is 157 cm³/mol. The molecule has 264 valence electrons. The van der Waals surface area contributed by atoms with Crippen LogP contribution in [0.4, 0.5) is 43.9 Å². The van der Waals surface area contributed by atoms with Crippen LogP contribution in [0.2, 0.25) is 0 Å². The summed E-state index contributed by atoms with van der Waals surface area (Å²) in [7, 11) is -10.2. The highest BCUT2D eigenvalue weighted by Crippen LogP contribution is 2.44. The van der Waals surface area contributed by atoms with Crippen LogP contribution in [0.5, 0.6) is 0 Å². The summed E-state index contributed by atoms with van der Waals surface area (Å²) >= 11 is 0. The number of hydrogen-bond donors (Lipinski definition) is 0. The number of nitriles is 2. The van der Waals surface area contributed by atoms with Gasteiger partial charge in [-0.1, -0.05) is 0 Å². The average molecular weight is 769 g/mol. The maximum Gasteiger partial charge on any atom is 0.525 e. The van der Waals surface area contributed by atoms with Crippen LogP contribution < -0.4 is 10.4 Å². The van der Waals surface area contributed by atoms with Crippen molar-refractivity contribution >= 4 is 31.3 Å². The molecule has 0 unspecified atom stereocenters. The van der Waals surface area contributed by atoms with E-state index >= 15 is 43.9 Å². The predicted octanol–water partition coefficient (Wildman–Crippen LogP) is 5.60. The molecule has 3 aromatic carbocycles. The maximum atomic E-state index is 16.5. The summed E-state index contributed by atoms with van der Waals surface area (Å²) in [6.45, 7) is 14.5. The first-order valence-electron chi connectivity index (χ1n) is 13.5. The number of sulfone groups is 2. The third kappa shape index (κ3) is 5.14. The smallest absolute Gasteiger partial charge is 0.224 e. The van der Waals surface area contributed by atoms with Gasteiger partial charge >= 0.3 is 5.82 Å². The van der Waals surface area contributed by atoms with Crippen molar-refractivity contribution in [3.8, 4) is 34.4 Å². The molecule has 0 bridgehead atoms. The molecule has 0 amide bonds. The van der Waals surface area contributed by atoms with Crippen molar-refractivity contribution in [1.82, 2.24) is 0 Å². The third-order valence-corrected chi connectivity index (χ3v) is 10.3. The van der Waals surface area contributed by atoms with Crippen molar-refractivity contribution in [2.24, 2.45) is 0 Å². The zero-order valence-corrected chi connectivity index (χ0v) is 27.1. The summed E-state index contributed by atoms with van der Waals surface area (Å²) in [5.41, 5.74) is -12.4. The molecule has 0 atom stereocenters. The zero-order valence-electron chi connectivity index (χ0n) is 25.4. The van der Waals surface area contributed by atoms with Gasteiger partial charge in [-0.15, -0.1) is 0 Å². The van der Waals surface area contributed by atoms with Crippen molar-refractivity contribution in [2.45, 2.75) is 22.6 Å². The molecular formula is C32H10F10N4O4S2. The van der Waals surface area contributed by atoms with E-state index in [-0.39, 0.29) is 12.5 Å². The fraction of sp³-hybridized carbons (Fsp3) is 0.125. The zero-order chi connectivity index (χ0) is 39.1. The van der Waals surface area contributed by atoms with Crippen molar-refractivity contribution in [1.29, 1.82) is 10.5 Å². The first kappa shape index (κ1) is 37.3. The Bertz CT molecular complexity index is 2610. The molecule has 0 saturated carbocycles. The first-order chi connectivity index (χ1) is 24.1. The van der Waals surface area contributed by atoms with Crippen LogP contribution in [0.3, 0.4) is 0 Å². The normalized spacial score (nSPS) is 13.7. The Labute approximate surface area is 285 Å². The lowest BCUT2D eigenvalue weighted by Gasteiger charge is -2.19. The number of halogens is 10. The van der Waals surface area contributed by atoms with E-state index in [1.54, 1.807) is 0 Å². The van der Waals surface area contributed by atoms with E-state index in [4.69, 9.17) is 13.1 Å². The van der Waals surface area contributed by atoms with Gasteiger partial charge < -0.3 is 0 Å². The Balaban J connectivity index is 2.25. The molecule has 0 fully saturated rings. The van der Waals surface area contributed by atoms with E-state index in [2.05, 4.69) is 9.69 Å². The molecule has 0 heterocycles. The molecule has 2 aliphatic rings. The quantitative estimate of drug-likeness (QED) is 0.147. The number of benzene rings is 3. The second-order valence-electron chi connectivity index (χ2n) is 11.0. The van der Waals surface area contributed by atoms with E-state index in [1.165, 1.54) is 12.1 Å². The Hall–Kier alpha value is -5.96.